The molecule has 0 aliphatic heterocycles. The molecule has 190 valence electrons. The molecule has 0 aromatic heterocycles. The lowest BCUT2D eigenvalue weighted by molar-refractivity contribution is -0.139. The highest BCUT2D eigenvalue weighted by Crippen LogP contribution is 2.25. The number of thioether (sulfide) groups is 1. The Hall–Kier alpha value is -1.99. The second-order valence-electron chi connectivity index (χ2n) is 8.75. The minimum absolute atomic E-state index is 0.0400. The molecule has 2 amide bonds. The van der Waals surface area contributed by atoms with Crippen LogP contribution in [0.25, 0.3) is 0 Å². The van der Waals surface area contributed by atoms with E-state index in [1.807, 2.05) is 74.5 Å². The fourth-order valence-electron chi connectivity index (χ4n) is 3.69. The summed E-state index contributed by atoms with van der Waals surface area (Å²) in [4.78, 5) is 28.7. The fraction of sp³-hybridized carbons (Fsp3) is 0.286. The van der Waals surface area contributed by atoms with Gasteiger partial charge in [-0.05, 0) is 54.8 Å². The number of carbonyl (C=O) groups excluding carboxylic acids is 2. The van der Waals surface area contributed by atoms with Gasteiger partial charge in [0.1, 0.15) is 6.04 Å². The minimum atomic E-state index is -0.648. The Kier molecular flexibility index (Phi) is 11.2. The van der Waals surface area contributed by atoms with Gasteiger partial charge in [0.2, 0.25) is 11.8 Å². The molecule has 3 aromatic carbocycles. The minimum Gasteiger partial charge on any atom is -0.352 e. The van der Waals surface area contributed by atoms with Gasteiger partial charge in [0.25, 0.3) is 0 Å². The molecule has 0 bridgehead atoms. The molecule has 8 heteroatoms. The lowest BCUT2D eigenvalue weighted by atomic mass is 10.0. The van der Waals surface area contributed by atoms with Gasteiger partial charge in [-0.3, -0.25) is 9.59 Å². The number of nitrogens with zero attached hydrogens (tertiary/aromatic N) is 1. The monoisotopic (exact) mass is 606 g/mol. The second kappa shape index (κ2) is 14.1. The summed E-state index contributed by atoms with van der Waals surface area (Å²) in [6, 6.07) is 22.3. The smallest absolute Gasteiger partial charge is 0.243 e. The van der Waals surface area contributed by atoms with Crippen molar-refractivity contribution in [1.82, 2.24) is 10.2 Å². The van der Waals surface area contributed by atoms with Crippen LogP contribution in [0.3, 0.4) is 0 Å². The van der Waals surface area contributed by atoms with Gasteiger partial charge in [-0.2, -0.15) is 0 Å². The van der Waals surface area contributed by atoms with Crippen LogP contribution in [0.1, 0.15) is 30.5 Å². The van der Waals surface area contributed by atoms with Crippen LogP contribution in [0.15, 0.2) is 77.3 Å². The molecular weight excluding hydrogens is 579 g/mol. The average Bonchev–Trinajstić information content (AvgIpc) is 2.84. The predicted octanol–water partition coefficient (Wildman–Crippen LogP) is 7.15. The van der Waals surface area contributed by atoms with E-state index in [2.05, 4.69) is 21.2 Å². The van der Waals surface area contributed by atoms with Gasteiger partial charge >= 0.3 is 0 Å². The molecule has 0 spiro atoms. The zero-order chi connectivity index (χ0) is 26.1. The third kappa shape index (κ3) is 8.84. The maximum absolute atomic E-state index is 13.6. The van der Waals surface area contributed by atoms with Crippen molar-refractivity contribution in [2.45, 2.75) is 44.6 Å². The van der Waals surface area contributed by atoms with Crippen LogP contribution in [0.2, 0.25) is 10.0 Å². The molecule has 3 rings (SSSR count). The second-order valence-corrected chi connectivity index (χ2v) is 11.5. The lowest BCUT2D eigenvalue weighted by Gasteiger charge is -2.32. The normalized spacial score (nSPS) is 11.8. The Balaban J connectivity index is 1.84. The van der Waals surface area contributed by atoms with Crippen molar-refractivity contribution in [3.8, 4) is 0 Å². The molecule has 0 heterocycles. The molecule has 1 N–H and O–H groups in total. The standard InChI is InChI=1S/C28H29BrCl2N2O2S/c1-19(2)32-28(35)26(14-20-6-4-3-5-7-20)33(16-21-8-11-23(29)12-9-21)27(34)18-36-17-22-10-13-24(30)15-25(22)31/h3-13,15,19,26H,14,16-18H2,1-2H3,(H,32,35)/t26-/m0/s1. The average molecular weight is 608 g/mol. The molecule has 4 nitrogen and oxygen atoms in total. The predicted molar refractivity (Wildman–Crippen MR) is 155 cm³/mol. The van der Waals surface area contributed by atoms with Gasteiger partial charge in [-0.25, -0.2) is 0 Å². The van der Waals surface area contributed by atoms with Crippen LogP contribution >= 0.6 is 50.9 Å². The summed E-state index contributed by atoms with van der Waals surface area (Å²) in [6.45, 7) is 4.17. The molecule has 1 atom stereocenters. The summed E-state index contributed by atoms with van der Waals surface area (Å²) in [6.07, 6.45) is 0.426. The molecule has 0 aliphatic rings. The largest absolute Gasteiger partial charge is 0.352 e. The number of amides is 2. The highest BCUT2D eigenvalue weighted by Gasteiger charge is 2.30. The molecule has 36 heavy (non-hydrogen) atoms. The first kappa shape index (κ1) is 28.6. The first-order chi connectivity index (χ1) is 17.2. The van der Waals surface area contributed by atoms with E-state index in [1.165, 1.54) is 11.8 Å². The van der Waals surface area contributed by atoms with Crippen molar-refractivity contribution in [1.29, 1.82) is 0 Å². The number of hydrogen-bond acceptors (Lipinski definition) is 3. The number of halogens is 3. The highest BCUT2D eigenvalue weighted by atomic mass is 79.9. The Bertz CT molecular complexity index is 1160. The molecule has 0 saturated carbocycles. The quantitative estimate of drug-likeness (QED) is 0.252. The van der Waals surface area contributed by atoms with Gasteiger partial charge in [-0.1, -0.05) is 87.7 Å². The van der Waals surface area contributed by atoms with Gasteiger partial charge < -0.3 is 10.2 Å². The highest BCUT2D eigenvalue weighted by molar-refractivity contribution is 9.10. The van der Waals surface area contributed by atoms with Crippen molar-refractivity contribution in [3.05, 3.63) is 104 Å². The van der Waals surface area contributed by atoms with Crippen LogP contribution in [-0.2, 0) is 28.3 Å². The summed E-state index contributed by atoms with van der Waals surface area (Å²) in [7, 11) is 0. The van der Waals surface area contributed by atoms with Gasteiger partial charge in [0.15, 0.2) is 0 Å². The van der Waals surface area contributed by atoms with Gasteiger partial charge in [0.05, 0.1) is 5.75 Å². The summed E-state index contributed by atoms with van der Waals surface area (Å²) in [5.41, 5.74) is 2.86. The lowest BCUT2D eigenvalue weighted by Crippen LogP contribution is -2.52. The first-order valence-electron chi connectivity index (χ1n) is 11.6. The topological polar surface area (TPSA) is 49.4 Å². The first-order valence-corrected chi connectivity index (χ1v) is 14.3. The maximum atomic E-state index is 13.6. The number of benzene rings is 3. The maximum Gasteiger partial charge on any atom is 0.243 e. The van der Waals surface area contributed by atoms with Crippen LogP contribution in [0.5, 0.6) is 0 Å². The zero-order valence-corrected chi connectivity index (χ0v) is 24.1. The van der Waals surface area contributed by atoms with E-state index in [0.29, 0.717) is 28.8 Å². The van der Waals surface area contributed by atoms with Crippen LogP contribution in [0, 0.1) is 0 Å². The number of nitrogens with one attached hydrogen (secondary N) is 1. The van der Waals surface area contributed by atoms with Gasteiger partial charge in [-0.15, -0.1) is 11.8 Å². The van der Waals surface area contributed by atoms with Crippen molar-refractivity contribution >= 4 is 62.7 Å². The molecule has 0 radical (unpaired) electrons. The molecule has 3 aromatic rings. The van der Waals surface area contributed by atoms with Crippen LogP contribution < -0.4 is 5.32 Å². The van der Waals surface area contributed by atoms with Gasteiger partial charge in [0, 0.05) is 39.3 Å². The Labute approximate surface area is 235 Å². The van der Waals surface area contributed by atoms with E-state index in [1.54, 1.807) is 17.0 Å². The van der Waals surface area contributed by atoms with E-state index in [4.69, 9.17) is 23.2 Å². The summed E-state index contributed by atoms with van der Waals surface area (Å²) < 4.78 is 0.956. The van der Waals surface area contributed by atoms with Crippen molar-refractivity contribution in [2.24, 2.45) is 0 Å². The zero-order valence-electron chi connectivity index (χ0n) is 20.2. The van der Waals surface area contributed by atoms with Crippen LogP contribution in [0.4, 0.5) is 0 Å². The summed E-state index contributed by atoms with van der Waals surface area (Å²) >= 11 is 17.2. The number of hydrogen-bond donors (Lipinski definition) is 1. The van der Waals surface area contributed by atoms with Crippen molar-refractivity contribution in [3.63, 3.8) is 0 Å². The van der Waals surface area contributed by atoms with E-state index in [-0.39, 0.29) is 23.6 Å². The Morgan fingerprint density at radius 3 is 2.31 bits per heavy atom. The van der Waals surface area contributed by atoms with Crippen LogP contribution in [-0.4, -0.2) is 34.6 Å². The summed E-state index contributed by atoms with van der Waals surface area (Å²) in [5.74, 6) is 0.517. The molecular formula is C28H29BrCl2N2O2S. The SMILES string of the molecule is CC(C)NC(=O)[C@H](Cc1ccccc1)N(Cc1ccc(Br)cc1)C(=O)CSCc1ccc(Cl)cc1Cl. The van der Waals surface area contributed by atoms with E-state index in [0.717, 1.165) is 21.2 Å². The summed E-state index contributed by atoms with van der Waals surface area (Å²) in [5, 5.41) is 4.16. The molecule has 0 aliphatic carbocycles. The Morgan fingerprint density at radius 2 is 1.67 bits per heavy atom. The number of carbonyl (C=O) groups is 2. The molecule has 0 saturated heterocycles. The Morgan fingerprint density at radius 1 is 0.972 bits per heavy atom. The number of rotatable bonds is 11. The van der Waals surface area contributed by atoms with Crippen molar-refractivity contribution in [2.75, 3.05) is 5.75 Å². The van der Waals surface area contributed by atoms with E-state index < -0.39 is 6.04 Å². The third-order valence-electron chi connectivity index (χ3n) is 5.47. The third-order valence-corrected chi connectivity index (χ3v) is 7.55. The fourth-order valence-corrected chi connectivity index (χ4v) is 5.42. The molecule has 0 fully saturated rings. The molecule has 0 unspecified atom stereocenters. The van der Waals surface area contributed by atoms with E-state index >= 15 is 0 Å². The van der Waals surface area contributed by atoms with E-state index in [9.17, 15) is 9.59 Å². The van der Waals surface area contributed by atoms with Crippen molar-refractivity contribution < 1.29 is 9.59 Å².